The van der Waals surface area contributed by atoms with Gasteiger partial charge in [-0.25, -0.2) is 0 Å². The zero-order chi connectivity index (χ0) is 5.72. The van der Waals surface area contributed by atoms with Gasteiger partial charge in [0.1, 0.15) is 0 Å². The van der Waals surface area contributed by atoms with E-state index in [0.29, 0.717) is 6.04 Å². The molecule has 0 saturated heterocycles. The monoisotopic (exact) mass is 111 g/mol. The van der Waals surface area contributed by atoms with Gasteiger partial charge in [0.2, 0.25) is 0 Å². The van der Waals surface area contributed by atoms with Crippen molar-refractivity contribution in [3.8, 4) is 0 Å². The first-order chi connectivity index (χ1) is 3.79. The van der Waals surface area contributed by atoms with E-state index in [1.165, 1.54) is 12.8 Å². The van der Waals surface area contributed by atoms with E-state index in [4.69, 9.17) is 5.73 Å². The summed E-state index contributed by atoms with van der Waals surface area (Å²) in [6.45, 7) is 2.33. The van der Waals surface area contributed by atoms with Crippen molar-refractivity contribution in [1.29, 1.82) is 0 Å². The van der Waals surface area contributed by atoms with E-state index in [-0.39, 0.29) is 0 Å². The Hall–Kier alpha value is -0.0400. The number of rotatable bonds is 1. The Balaban J connectivity index is 1.86. The first-order valence-corrected chi connectivity index (χ1v) is 3.54. The molecule has 4 atom stereocenters. The quantitative estimate of drug-likeness (QED) is 0.536. The first-order valence-electron chi connectivity index (χ1n) is 3.54. The van der Waals surface area contributed by atoms with E-state index in [9.17, 15) is 0 Å². The molecule has 2 fully saturated rings. The molecule has 2 aliphatic carbocycles. The molecule has 0 aliphatic heterocycles. The summed E-state index contributed by atoms with van der Waals surface area (Å²) >= 11 is 0. The summed E-state index contributed by atoms with van der Waals surface area (Å²) in [6, 6.07) is 0.588. The lowest BCUT2D eigenvalue weighted by Gasteiger charge is -1.87. The van der Waals surface area contributed by atoms with E-state index < -0.39 is 0 Å². The maximum atomic E-state index is 5.67. The molecule has 2 N–H and O–H groups in total. The molecule has 0 aromatic rings. The Morgan fingerprint density at radius 3 is 1.88 bits per heavy atom. The Bertz CT molecular complexity index is 97.0. The zero-order valence-corrected chi connectivity index (χ0v) is 5.30. The topological polar surface area (TPSA) is 26.0 Å². The van der Waals surface area contributed by atoms with Crippen LogP contribution < -0.4 is 5.73 Å². The van der Waals surface area contributed by atoms with Crippen molar-refractivity contribution in [1.82, 2.24) is 0 Å². The van der Waals surface area contributed by atoms with Gasteiger partial charge < -0.3 is 5.73 Å². The third kappa shape index (κ3) is 0.576. The SMILES string of the molecule is C[C@@H]1C[C@@H]1[C@H]1C[C@H]1N. The van der Waals surface area contributed by atoms with Crippen LogP contribution in [0.2, 0.25) is 0 Å². The highest BCUT2D eigenvalue weighted by Crippen LogP contribution is 2.53. The lowest BCUT2D eigenvalue weighted by atomic mass is 10.2. The predicted molar refractivity (Wildman–Crippen MR) is 33.4 cm³/mol. The Labute approximate surface area is 50.3 Å². The summed E-state index contributed by atoms with van der Waals surface area (Å²) in [7, 11) is 0. The van der Waals surface area contributed by atoms with E-state index in [1.807, 2.05) is 0 Å². The summed E-state index contributed by atoms with van der Waals surface area (Å²) in [5.41, 5.74) is 5.67. The molecule has 0 heterocycles. The molecule has 0 bridgehead atoms. The molecule has 0 amide bonds. The van der Waals surface area contributed by atoms with Crippen molar-refractivity contribution >= 4 is 0 Å². The van der Waals surface area contributed by atoms with Gasteiger partial charge in [0.25, 0.3) is 0 Å². The molecule has 0 aromatic carbocycles. The fourth-order valence-electron chi connectivity index (χ4n) is 1.68. The lowest BCUT2D eigenvalue weighted by molar-refractivity contribution is 0.636. The third-order valence-electron chi connectivity index (χ3n) is 2.61. The molecule has 1 nitrogen and oxygen atoms in total. The van der Waals surface area contributed by atoms with Gasteiger partial charge in [0.05, 0.1) is 0 Å². The highest BCUT2D eigenvalue weighted by molar-refractivity contribution is 5.02. The van der Waals surface area contributed by atoms with Crippen molar-refractivity contribution < 1.29 is 0 Å². The average Bonchev–Trinajstić information content (AvgIpc) is 2.47. The van der Waals surface area contributed by atoms with E-state index in [1.54, 1.807) is 0 Å². The van der Waals surface area contributed by atoms with Crippen LogP contribution in [0.15, 0.2) is 0 Å². The minimum atomic E-state index is 0.588. The summed E-state index contributed by atoms with van der Waals surface area (Å²) in [5, 5.41) is 0. The molecule has 2 aliphatic rings. The Morgan fingerprint density at radius 1 is 1.25 bits per heavy atom. The number of hydrogen-bond donors (Lipinski definition) is 1. The molecule has 1 heteroatoms. The van der Waals surface area contributed by atoms with Crippen molar-refractivity contribution in [3.05, 3.63) is 0 Å². The predicted octanol–water partition coefficient (Wildman–Crippen LogP) is 0.990. The second kappa shape index (κ2) is 1.27. The van der Waals surface area contributed by atoms with Crippen molar-refractivity contribution in [2.75, 3.05) is 0 Å². The van der Waals surface area contributed by atoms with Crippen LogP contribution in [0.5, 0.6) is 0 Å². The summed E-state index contributed by atoms with van der Waals surface area (Å²) in [4.78, 5) is 0. The van der Waals surface area contributed by atoms with Gasteiger partial charge in [-0.15, -0.1) is 0 Å². The van der Waals surface area contributed by atoms with Crippen molar-refractivity contribution in [2.24, 2.45) is 23.5 Å². The maximum Gasteiger partial charge on any atom is 0.00738 e. The van der Waals surface area contributed by atoms with Crippen LogP contribution in [0.4, 0.5) is 0 Å². The molecule has 2 saturated carbocycles. The minimum Gasteiger partial charge on any atom is -0.327 e. The molecule has 0 spiro atoms. The van der Waals surface area contributed by atoms with Gasteiger partial charge in [-0.1, -0.05) is 6.92 Å². The fourth-order valence-corrected chi connectivity index (χ4v) is 1.68. The van der Waals surface area contributed by atoms with Gasteiger partial charge >= 0.3 is 0 Å². The molecule has 0 unspecified atom stereocenters. The highest BCUT2D eigenvalue weighted by Gasteiger charge is 2.49. The van der Waals surface area contributed by atoms with Gasteiger partial charge in [0.15, 0.2) is 0 Å². The third-order valence-corrected chi connectivity index (χ3v) is 2.61. The fraction of sp³-hybridized carbons (Fsp3) is 1.00. The van der Waals surface area contributed by atoms with Crippen LogP contribution in [0.1, 0.15) is 19.8 Å². The summed E-state index contributed by atoms with van der Waals surface area (Å²) in [6.07, 6.45) is 2.77. The molecule has 2 rings (SSSR count). The largest absolute Gasteiger partial charge is 0.327 e. The number of hydrogen-bond acceptors (Lipinski definition) is 1. The smallest absolute Gasteiger partial charge is 0.00738 e. The van der Waals surface area contributed by atoms with E-state index in [2.05, 4.69) is 6.92 Å². The molecular weight excluding hydrogens is 98.1 g/mol. The van der Waals surface area contributed by atoms with Gasteiger partial charge in [-0.3, -0.25) is 0 Å². The van der Waals surface area contributed by atoms with Crippen LogP contribution in [-0.2, 0) is 0 Å². The minimum absolute atomic E-state index is 0.588. The second-order valence-electron chi connectivity index (χ2n) is 3.44. The Morgan fingerprint density at radius 2 is 1.75 bits per heavy atom. The van der Waals surface area contributed by atoms with E-state index in [0.717, 1.165) is 17.8 Å². The molecule has 46 valence electrons. The van der Waals surface area contributed by atoms with E-state index >= 15 is 0 Å². The highest BCUT2D eigenvalue weighted by atomic mass is 14.8. The van der Waals surface area contributed by atoms with Crippen molar-refractivity contribution in [2.45, 2.75) is 25.8 Å². The van der Waals surface area contributed by atoms with Crippen LogP contribution in [0.25, 0.3) is 0 Å². The average molecular weight is 111 g/mol. The van der Waals surface area contributed by atoms with Gasteiger partial charge in [-0.05, 0) is 30.6 Å². The zero-order valence-electron chi connectivity index (χ0n) is 5.30. The second-order valence-corrected chi connectivity index (χ2v) is 3.44. The molecule has 0 aromatic heterocycles. The van der Waals surface area contributed by atoms with Crippen LogP contribution in [0, 0.1) is 17.8 Å². The van der Waals surface area contributed by atoms with Gasteiger partial charge in [-0.2, -0.15) is 0 Å². The lowest BCUT2D eigenvalue weighted by Crippen LogP contribution is -2.02. The standard InChI is InChI=1S/C7H13N/c1-4-2-5(4)6-3-7(6)8/h4-7H,2-3,8H2,1H3/t4-,5+,6-,7-/m1/s1. The van der Waals surface area contributed by atoms with Gasteiger partial charge in [0, 0.05) is 6.04 Å². The molecular formula is C7H13N. The maximum absolute atomic E-state index is 5.67. The van der Waals surface area contributed by atoms with Crippen LogP contribution in [-0.4, -0.2) is 6.04 Å². The molecule has 0 radical (unpaired) electrons. The summed E-state index contributed by atoms with van der Waals surface area (Å²) < 4.78 is 0. The normalized spacial score (nSPS) is 60.8. The summed E-state index contributed by atoms with van der Waals surface area (Å²) in [5.74, 6) is 2.98. The van der Waals surface area contributed by atoms with Crippen molar-refractivity contribution in [3.63, 3.8) is 0 Å². The first kappa shape index (κ1) is 4.80. The number of nitrogens with two attached hydrogens (primary N) is 1. The molecule has 8 heavy (non-hydrogen) atoms. The van der Waals surface area contributed by atoms with Crippen LogP contribution in [0.3, 0.4) is 0 Å². The van der Waals surface area contributed by atoms with Crippen LogP contribution >= 0.6 is 0 Å². The Kier molecular flexibility index (Phi) is 0.762.